The van der Waals surface area contributed by atoms with Crippen molar-refractivity contribution in [1.29, 1.82) is 0 Å². The van der Waals surface area contributed by atoms with Gasteiger partial charge in [-0.1, -0.05) is 17.7 Å². The minimum Gasteiger partial charge on any atom is -0.507 e. The number of ether oxygens (including phenoxy) is 1. The van der Waals surface area contributed by atoms with Crippen molar-refractivity contribution in [1.82, 2.24) is 4.90 Å². The number of nitrogens with zero attached hydrogens (tertiary/aromatic N) is 1. The van der Waals surface area contributed by atoms with Crippen molar-refractivity contribution in [3.05, 3.63) is 58.6 Å². The Labute approximate surface area is 153 Å². The van der Waals surface area contributed by atoms with E-state index < -0.39 is 0 Å². The molecule has 1 fully saturated rings. The number of phenolic OH excluding ortho intramolecular Hbond substituents is 1. The third-order valence-corrected chi connectivity index (χ3v) is 4.94. The van der Waals surface area contributed by atoms with Crippen molar-refractivity contribution < 1.29 is 14.6 Å². The number of carbonyl (C=O) groups is 1. The van der Waals surface area contributed by atoms with E-state index >= 15 is 0 Å². The SMILES string of the molecule is COc1ccc(CN2CCC[C@H](C(=O)c3ccc(Cl)cc3)C2)c(O)c1. The number of phenols is 1. The van der Waals surface area contributed by atoms with Crippen molar-refractivity contribution in [3.63, 3.8) is 0 Å². The van der Waals surface area contributed by atoms with Crippen LogP contribution in [0.15, 0.2) is 42.5 Å². The van der Waals surface area contributed by atoms with Crippen LogP contribution in [-0.2, 0) is 6.54 Å². The summed E-state index contributed by atoms with van der Waals surface area (Å²) in [4.78, 5) is 14.9. The molecule has 5 heteroatoms. The summed E-state index contributed by atoms with van der Waals surface area (Å²) in [6.45, 7) is 2.25. The lowest BCUT2D eigenvalue weighted by Gasteiger charge is -2.32. The molecule has 0 saturated carbocycles. The molecule has 0 aliphatic carbocycles. The molecule has 1 aliphatic rings. The standard InChI is InChI=1S/C20H22ClNO3/c1-25-18-9-6-15(19(23)11-18)12-22-10-2-3-16(13-22)20(24)14-4-7-17(21)8-5-14/h4-9,11,16,23H,2-3,10,12-13H2,1H3/t16-/m0/s1. The van der Waals surface area contributed by atoms with Crippen LogP contribution < -0.4 is 4.74 Å². The van der Waals surface area contributed by atoms with Gasteiger partial charge in [0.1, 0.15) is 11.5 Å². The first-order valence-corrected chi connectivity index (χ1v) is 8.82. The molecule has 0 spiro atoms. The molecule has 132 valence electrons. The van der Waals surface area contributed by atoms with Crippen molar-refractivity contribution >= 4 is 17.4 Å². The lowest BCUT2D eigenvalue weighted by atomic mass is 9.90. The molecule has 1 N–H and O–H groups in total. The monoisotopic (exact) mass is 359 g/mol. The Morgan fingerprint density at radius 2 is 2.04 bits per heavy atom. The predicted octanol–water partition coefficient (Wildman–Crippen LogP) is 4.15. The van der Waals surface area contributed by atoms with Crippen molar-refractivity contribution in [2.75, 3.05) is 20.2 Å². The summed E-state index contributed by atoms with van der Waals surface area (Å²) < 4.78 is 5.12. The number of aromatic hydroxyl groups is 1. The number of likely N-dealkylation sites (tertiary alicyclic amines) is 1. The molecule has 2 aromatic carbocycles. The molecule has 0 bridgehead atoms. The van der Waals surface area contributed by atoms with Crippen LogP contribution in [0.2, 0.25) is 5.02 Å². The third kappa shape index (κ3) is 4.33. The smallest absolute Gasteiger partial charge is 0.167 e. The molecule has 1 aliphatic heterocycles. The molecule has 25 heavy (non-hydrogen) atoms. The van der Waals surface area contributed by atoms with E-state index in [1.54, 1.807) is 37.4 Å². The molecule has 1 saturated heterocycles. The van der Waals surface area contributed by atoms with Gasteiger partial charge in [0.25, 0.3) is 0 Å². The summed E-state index contributed by atoms with van der Waals surface area (Å²) in [7, 11) is 1.58. The molecule has 0 amide bonds. The van der Waals surface area contributed by atoms with Gasteiger partial charge in [0.15, 0.2) is 5.78 Å². The molecule has 1 atom stereocenters. The van der Waals surface area contributed by atoms with Crippen LogP contribution >= 0.6 is 11.6 Å². The molecule has 1 heterocycles. The van der Waals surface area contributed by atoms with Gasteiger partial charge in [-0.3, -0.25) is 9.69 Å². The van der Waals surface area contributed by atoms with E-state index in [1.165, 1.54) is 0 Å². The van der Waals surface area contributed by atoms with E-state index in [9.17, 15) is 9.90 Å². The van der Waals surface area contributed by atoms with Crippen LogP contribution in [0.25, 0.3) is 0 Å². The number of benzene rings is 2. The molecule has 3 rings (SSSR count). The number of Topliss-reactive ketones (excluding diaryl/α,β-unsaturated/α-hetero) is 1. The highest BCUT2D eigenvalue weighted by Gasteiger charge is 2.27. The maximum absolute atomic E-state index is 12.7. The number of piperidine rings is 1. The van der Waals surface area contributed by atoms with Crippen LogP contribution in [0, 0.1) is 5.92 Å². The Morgan fingerprint density at radius 1 is 1.28 bits per heavy atom. The van der Waals surface area contributed by atoms with E-state index in [1.807, 2.05) is 12.1 Å². The van der Waals surface area contributed by atoms with E-state index in [4.69, 9.17) is 16.3 Å². The molecule has 4 nitrogen and oxygen atoms in total. The Morgan fingerprint density at radius 3 is 2.72 bits per heavy atom. The summed E-state index contributed by atoms with van der Waals surface area (Å²) in [6, 6.07) is 12.4. The second kappa shape index (κ2) is 7.89. The Bertz CT molecular complexity index is 745. The van der Waals surface area contributed by atoms with Crippen LogP contribution in [0.3, 0.4) is 0 Å². The van der Waals surface area contributed by atoms with Crippen molar-refractivity contribution in [2.24, 2.45) is 5.92 Å². The third-order valence-electron chi connectivity index (χ3n) is 4.69. The average Bonchev–Trinajstić information content (AvgIpc) is 2.63. The zero-order valence-electron chi connectivity index (χ0n) is 14.2. The highest BCUT2D eigenvalue weighted by Crippen LogP contribution is 2.27. The molecular formula is C20H22ClNO3. The minimum absolute atomic E-state index is 0.0182. The van der Waals surface area contributed by atoms with Gasteiger partial charge >= 0.3 is 0 Å². The first-order valence-electron chi connectivity index (χ1n) is 8.45. The number of carbonyl (C=O) groups excluding carboxylic acids is 1. The summed E-state index contributed by atoms with van der Waals surface area (Å²) in [5.41, 5.74) is 1.56. The van der Waals surface area contributed by atoms with Gasteiger partial charge in [-0.05, 0) is 49.7 Å². The number of rotatable bonds is 5. The quantitative estimate of drug-likeness (QED) is 0.815. The van der Waals surface area contributed by atoms with E-state index in [-0.39, 0.29) is 17.5 Å². The lowest BCUT2D eigenvalue weighted by molar-refractivity contribution is 0.0811. The maximum atomic E-state index is 12.7. The normalized spacial score (nSPS) is 18.1. The lowest BCUT2D eigenvalue weighted by Crippen LogP contribution is -2.38. The Kier molecular flexibility index (Phi) is 5.61. The first kappa shape index (κ1) is 17.8. The number of ketones is 1. The molecule has 0 unspecified atom stereocenters. The van der Waals surface area contributed by atoms with Gasteiger partial charge in [0, 0.05) is 41.2 Å². The summed E-state index contributed by atoms with van der Waals surface area (Å²) >= 11 is 5.90. The highest BCUT2D eigenvalue weighted by molar-refractivity contribution is 6.30. The summed E-state index contributed by atoms with van der Waals surface area (Å²) in [5.74, 6) is 1.01. The van der Waals surface area contributed by atoms with E-state index in [0.717, 1.165) is 24.9 Å². The van der Waals surface area contributed by atoms with Crippen LogP contribution in [-0.4, -0.2) is 36.0 Å². The summed E-state index contributed by atoms with van der Waals surface area (Å²) in [6.07, 6.45) is 1.87. The molecule has 0 radical (unpaired) electrons. The second-order valence-corrected chi connectivity index (χ2v) is 6.88. The van der Waals surface area contributed by atoms with Crippen LogP contribution in [0.5, 0.6) is 11.5 Å². The fourth-order valence-electron chi connectivity index (χ4n) is 3.31. The Hall–Kier alpha value is -2.04. The zero-order valence-corrected chi connectivity index (χ0v) is 15.0. The fourth-order valence-corrected chi connectivity index (χ4v) is 3.43. The largest absolute Gasteiger partial charge is 0.507 e. The Balaban J connectivity index is 1.66. The average molecular weight is 360 g/mol. The van der Waals surface area contributed by atoms with Gasteiger partial charge < -0.3 is 9.84 Å². The number of hydrogen-bond donors (Lipinski definition) is 1. The van der Waals surface area contributed by atoms with Gasteiger partial charge in [-0.2, -0.15) is 0 Å². The summed E-state index contributed by atoms with van der Waals surface area (Å²) in [5, 5.41) is 10.8. The zero-order chi connectivity index (χ0) is 17.8. The van der Waals surface area contributed by atoms with Crippen molar-refractivity contribution in [2.45, 2.75) is 19.4 Å². The maximum Gasteiger partial charge on any atom is 0.167 e. The fraction of sp³-hybridized carbons (Fsp3) is 0.350. The number of methoxy groups -OCH3 is 1. The van der Waals surface area contributed by atoms with Gasteiger partial charge in [-0.15, -0.1) is 0 Å². The first-order chi connectivity index (χ1) is 12.1. The minimum atomic E-state index is -0.0182. The van der Waals surface area contributed by atoms with Crippen LogP contribution in [0.1, 0.15) is 28.8 Å². The highest BCUT2D eigenvalue weighted by atomic mass is 35.5. The van der Waals surface area contributed by atoms with Crippen molar-refractivity contribution in [3.8, 4) is 11.5 Å². The van der Waals surface area contributed by atoms with Gasteiger partial charge in [0.2, 0.25) is 0 Å². The van der Waals surface area contributed by atoms with E-state index in [0.29, 0.717) is 29.4 Å². The number of halogens is 1. The van der Waals surface area contributed by atoms with Gasteiger partial charge in [0.05, 0.1) is 7.11 Å². The predicted molar refractivity (Wildman–Crippen MR) is 98.4 cm³/mol. The molecular weight excluding hydrogens is 338 g/mol. The second-order valence-electron chi connectivity index (χ2n) is 6.44. The van der Waals surface area contributed by atoms with E-state index in [2.05, 4.69) is 4.90 Å². The number of hydrogen-bond acceptors (Lipinski definition) is 4. The van der Waals surface area contributed by atoms with Gasteiger partial charge in [-0.25, -0.2) is 0 Å². The molecule has 2 aromatic rings. The topological polar surface area (TPSA) is 49.8 Å². The molecule has 0 aromatic heterocycles. The van der Waals surface area contributed by atoms with Crippen LogP contribution in [0.4, 0.5) is 0 Å².